The molecule has 0 radical (unpaired) electrons. The van der Waals surface area contributed by atoms with Crippen LogP contribution in [-0.4, -0.2) is 50.0 Å². The molecule has 0 amide bonds. The zero-order valence-corrected chi connectivity index (χ0v) is 18.6. The van der Waals surface area contributed by atoms with Crippen LogP contribution in [0.1, 0.15) is 30.9 Å². The maximum absolute atomic E-state index is 13.1. The van der Waals surface area contributed by atoms with Gasteiger partial charge >= 0.3 is 5.69 Å². The fraction of sp³-hybridized carbons (Fsp3) is 0.364. The van der Waals surface area contributed by atoms with Crippen LogP contribution in [-0.2, 0) is 10.0 Å². The van der Waals surface area contributed by atoms with Gasteiger partial charge in [-0.25, -0.2) is 17.9 Å². The number of aromatic nitrogens is 2. The highest BCUT2D eigenvalue weighted by Gasteiger charge is 2.27. The Balaban J connectivity index is 1.64. The van der Waals surface area contributed by atoms with Gasteiger partial charge in [-0.3, -0.25) is 14.7 Å². The Morgan fingerprint density at radius 2 is 1.81 bits per heavy atom. The van der Waals surface area contributed by atoms with E-state index in [9.17, 15) is 18.0 Å². The van der Waals surface area contributed by atoms with Gasteiger partial charge in [0.25, 0.3) is 5.56 Å². The minimum atomic E-state index is -3.90. The number of ether oxygens (including phenoxy) is 1. The number of hydrogen-bond acceptors (Lipinski definition) is 6. The molecule has 0 spiro atoms. The van der Waals surface area contributed by atoms with Crippen LogP contribution in [0.25, 0.3) is 10.9 Å². The molecular weight excluding hydrogens is 432 g/mol. The summed E-state index contributed by atoms with van der Waals surface area (Å²) >= 11 is 0. The first-order valence-corrected chi connectivity index (χ1v) is 12.0. The second-order valence-corrected chi connectivity index (χ2v) is 9.59. The number of hydrogen-bond donors (Lipinski definition) is 3. The molecule has 1 aliphatic rings. The molecule has 3 N–H and O–H groups in total. The quantitative estimate of drug-likeness (QED) is 0.495. The van der Waals surface area contributed by atoms with E-state index in [1.807, 2.05) is 24.3 Å². The smallest absolute Gasteiger partial charge is 0.326 e. The van der Waals surface area contributed by atoms with E-state index in [-0.39, 0.29) is 28.4 Å². The Morgan fingerprint density at radius 1 is 1.06 bits per heavy atom. The van der Waals surface area contributed by atoms with Crippen molar-refractivity contribution in [2.75, 3.05) is 26.7 Å². The number of piperidine rings is 1. The predicted octanol–water partition coefficient (Wildman–Crippen LogP) is 1.73. The number of para-hydroxylation sites is 1. The van der Waals surface area contributed by atoms with Crippen molar-refractivity contribution in [3.63, 3.8) is 0 Å². The molecular formula is C22H26N4O5S. The molecule has 1 unspecified atom stereocenters. The standard InChI is InChI=1S/C22H26N4O5S/c1-31-20-8-4-3-7-16(20)19(26-11-5-2-6-12-26)14-23-32(29,30)15-9-10-18-17(13-15)21(27)25-22(28)24-18/h3-4,7-10,13,19,23H,2,5-6,11-12,14H2,1H3,(H2,24,25,27,28). The second kappa shape index (κ2) is 9.27. The van der Waals surface area contributed by atoms with Gasteiger partial charge in [-0.1, -0.05) is 24.6 Å². The molecule has 2 aromatic carbocycles. The molecule has 170 valence electrons. The fourth-order valence-corrected chi connectivity index (χ4v) is 5.26. The van der Waals surface area contributed by atoms with E-state index in [0.717, 1.165) is 37.9 Å². The van der Waals surface area contributed by atoms with Gasteiger partial charge in [-0.15, -0.1) is 0 Å². The summed E-state index contributed by atoms with van der Waals surface area (Å²) in [6, 6.07) is 11.5. The SMILES string of the molecule is COc1ccccc1C(CNS(=O)(=O)c1ccc2[nH]c(=O)[nH]c(=O)c2c1)N1CCCCC1. The summed E-state index contributed by atoms with van der Waals surface area (Å²) in [4.78, 5) is 30.4. The largest absolute Gasteiger partial charge is 0.496 e. The van der Waals surface area contributed by atoms with Crippen LogP contribution in [0.3, 0.4) is 0 Å². The molecule has 4 rings (SSSR count). The van der Waals surface area contributed by atoms with Crippen LogP contribution in [0.2, 0.25) is 0 Å². The lowest BCUT2D eigenvalue weighted by atomic mass is 10.0. The van der Waals surface area contributed by atoms with Crippen molar-refractivity contribution >= 4 is 20.9 Å². The number of aromatic amines is 2. The van der Waals surface area contributed by atoms with Crippen LogP contribution in [0.4, 0.5) is 0 Å². The van der Waals surface area contributed by atoms with Crippen molar-refractivity contribution in [2.45, 2.75) is 30.2 Å². The number of likely N-dealkylation sites (tertiary alicyclic amines) is 1. The van der Waals surface area contributed by atoms with E-state index < -0.39 is 21.3 Å². The first-order valence-electron chi connectivity index (χ1n) is 10.5. The van der Waals surface area contributed by atoms with Crippen molar-refractivity contribution in [1.82, 2.24) is 19.6 Å². The highest BCUT2D eigenvalue weighted by atomic mass is 32.2. The Labute approximate surface area is 185 Å². The molecule has 32 heavy (non-hydrogen) atoms. The fourth-order valence-electron chi connectivity index (χ4n) is 4.19. The summed E-state index contributed by atoms with van der Waals surface area (Å²) in [5, 5.41) is 0.102. The number of sulfonamides is 1. The van der Waals surface area contributed by atoms with Gasteiger partial charge in [-0.05, 0) is 50.2 Å². The van der Waals surface area contributed by atoms with Crippen LogP contribution < -0.4 is 20.7 Å². The van der Waals surface area contributed by atoms with Crippen LogP contribution in [0.5, 0.6) is 5.75 Å². The number of H-pyrrole nitrogens is 2. The lowest BCUT2D eigenvalue weighted by molar-refractivity contribution is 0.162. The number of methoxy groups -OCH3 is 1. The number of nitrogens with zero attached hydrogens (tertiary/aromatic N) is 1. The molecule has 1 aliphatic heterocycles. The van der Waals surface area contributed by atoms with Gasteiger partial charge < -0.3 is 9.72 Å². The molecule has 2 heterocycles. The number of fused-ring (bicyclic) bond motifs is 1. The molecule has 0 aliphatic carbocycles. The van der Waals surface area contributed by atoms with E-state index >= 15 is 0 Å². The van der Waals surface area contributed by atoms with Gasteiger partial charge in [0.15, 0.2) is 0 Å². The van der Waals surface area contributed by atoms with Crippen molar-refractivity contribution in [2.24, 2.45) is 0 Å². The monoisotopic (exact) mass is 458 g/mol. The van der Waals surface area contributed by atoms with Gasteiger partial charge in [0, 0.05) is 12.1 Å². The summed E-state index contributed by atoms with van der Waals surface area (Å²) in [6.07, 6.45) is 3.28. The van der Waals surface area contributed by atoms with Crippen LogP contribution in [0, 0.1) is 0 Å². The summed E-state index contributed by atoms with van der Waals surface area (Å²) < 4.78 is 34.4. The normalized spacial score (nSPS) is 16.2. The molecule has 3 aromatic rings. The van der Waals surface area contributed by atoms with E-state index in [1.165, 1.54) is 18.2 Å². The van der Waals surface area contributed by atoms with Gasteiger partial charge in [-0.2, -0.15) is 0 Å². The molecule has 1 fully saturated rings. The zero-order chi connectivity index (χ0) is 22.7. The molecule has 0 saturated carbocycles. The Morgan fingerprint density at radius 3 is 2.56 bits per heavy atom. The van der Waals surface area contributed by atoms with Crippen molar-refractivity contribution in [3.8, 4) is 5.75 Å². The van der Waals surface area contributed by atoms with Crippen LogP contribution >= 0.6 is 0 Å². The zero-order valence-electron chi connectivity index (χ0n) is 17.8. The molecule has 0 bridgehead atoms. The molecule has 9 nitrogen and oxygen atoms in total. The third kappa shape index (κ3) is 4.62. The first kappa shape index (κ1) is 22.3. The molecule has 1 aromatic heterocycles. The highest BCUT2D eigenvalue weighted by molar-refractivity contribution is 7.89. The summed E-state index contributed by atoms with van der Waals surface area (Å²) in [7, 11) is -2.30. The number of benzene rings is 2. The van der Waals surface area contributed by atoms with Gasteiger partial charge in [0.2, 0.25) is 10.0 Å². The molecule has 10 heteroatoms. The van der Waals surface area contributed by atoms with Gasteiger partial charge in [0.05, 0.1) is 29.0 Å². The minimum absolute atomic E-state index is 0.0417. The lowest BCUT2D eigenvalue weighted by Crippen LogP contribution is -2.40. The molecule has 1 atom stereocenters. The minimum Gasteiger partial charge on any atom is -0.496 e. The van der Waals surface area contributed by atoms with Crippen molar-refractivity contribution < 1.29 is 13.2 Å². The lowest BCUT2D eigenvalue weighted by Gasteiger charge is -2.35. The Hall–Kier alpha value is -2.95. The number of rotatable bonds is 7. The van der Waals surface area contributed by atoms with E-state index in [2.05, 4.69) is 19.6 Å². The van der Waals surface area contributed by atoms with E-state index in [0.29, 0.717) is 5.75 Å². The first-order chi connectivity index (χ1) is 15.4. The number of nitrogens with one attached hydrogen (secondary N) is 3. The summed E-state index contributed by atoms with van der Waals surface area (Å²) in [6.45, 7) is 1.91. The van der Waals surface area contributed by atoms with E-state index in [4.69, 9.17) is 4.74 Å². The van der Waals surface area contributed by atoms with Gasteiger partial charge in [0.1, 0.15) is 5.75 Å². The average molecular weight is 459 g/mol. The summed E-state index contributed by atoms with van der Waals surface area (Å²) in [5.41, 5.74) is -0.0801. The highest BCUT2D eigenvalue weighted by Crippen LogP contribution is 2.31. The third-order valence-corrected chi connectivity index (χ3v) is 7.24. The van der Waals surface area contributed by atoms with Crippen molar-refractivity contribution in [3.05, 3.63) is 68.9 Å². The topological polar surface area (TPSA) is 124 Å². The van der Waals surface area contributed by atoms with Crippen molar-refractivity contribution in [1.29, 1.82) is 0 Å². The maximum atomic E-state index is 13.1. The maximum Gasteiger partial charge on any atom is 0.326 e. The summed E-state index contributed by atoms with van der Waals surface area (Å²) in [5.74, 6) is 0.712. The predicted molar refractivity (Wildman–Crippen MR) is 122 cm³/mol. The van der Waals surface area contributed by atoms with Crippen LogP contribution in [0.15, 0.2) is 56.9 Å². The third-order valence-electron chi connectivity index (χ3n) is 5.82. The average Bonchev–Trinajstić information content (AvgIpc) is 2.80. The molecule has 1 saturated heterocycles. The Bertz CT molecular complexity index is 1330. The van der Waals surface area contributed by atoms with E-state index in [1.54, 1.807) is 7.11 Å². The Kier molecular flexibility index (Phi) is 6.45. The second-order valence-electron chi connectivity index (χ2n) is 7.82.